The van der Waals surface area contributed by atoms with E-state index in [0.29, 0.717) is 0 Å². The van der Waals surface area contributed by atoms with Crippen LogP contribution in [0.3, 0.4) is 0 Å². The van der Waals surface area contributed by atoms with Gasteiger partial charge in [0.1, 0.15) is 0 Å². The monoisotopic (exact) mass is 262 g/mol. The van der Waals surface area contributed by atoms with Crippen molar-refractivity contribution in [1.82, 2.24) is 4.72 Å². The Morgan fingerprint density at radius 3 is 2.35 bits per heavy atom. The highest BCUT2D eigenvalue weighted by atomic mass is 32.2. The second-order valence-electron chi connectivity index (χ2n) is 3.44. The van der Waals surface area contributed by atoms with E-state index in [4.69, 9.17) is 0 Å². The van der Waals surface area contributed by atoms with Gasteiger partial charge in [-0.1, -0.05) is 0 Å². The third kappa shape index (κ3) is 2.27. The molecule has 0 aliphatic heterocycles. The van der Waals surface area contributed by atoms with Crippen molar-refractivity contribution in [2.45, 2.75) is 18.7 Å². The van der Waals surface area contributed by atoms with Crippen LogP contribution >= 0.6 is 0 Å². The van der Waals surface area contributed by atoms with Gasteiger partial charge in [0, 0.05) is 0 Å². The van der Waals surface area contributed by atoms with Crippen LogP contribution in [0.2, 0.25) is 0 Å². The lowest BCUT2D eigenvalue weighted by molar-refractivity contribution is -0.388. The Morgan fingerprint density at radius 2 is 1.94 bits per heavy atom. The van der Waals surface area contributed by atoms with Crippen molar-refractivity contribution in [2.24, 2.45) is 0 Å². The first-order chi connectivity index (χ1) is 7.72. The molecule has 0 saturated carbocycles. The van der Waals surface area contributed by atoms with Gasteiger partial charge in [-0.2, -0.15) is 4.39 Å². The number of nitro groups is 1. The lowest BCUT2D eigenvalue weighted by atomic mass is 10.1. The maximum atomic E-state index is 13.4. The molecule has 17 heavy (non-hydrogen) atoms. The highest BCUT2D eigenvalue weighted by Gasteiger charge is 2.28. The number of nitro benzene ring substituents is 1. The van der Waals surface area contributed by atoms with E-state index in [9.17, 15) is 22.9 Å². The molecule has 0 heterocycles. The molecular weight excluding hydrogens is 251 g/mol. The predicted molar refractivity (Wildman–Crippen MR) is 58.8 cm³/mol. The van der Waals surface area contributed by atoms with Crippen LogP contribution in [0, 0.1) is 29.8 Å². The van der Waals surface area contributed by atoms with Gasteiger partial charge in [0.15, 0.2) is 0 Å². The second-order valence-corrected chi connectivity index (χ2v) is 5.27. The summed E-state index contributed by atoms with van der Waals surface area (Å²) in [7, 11) is -2.67. The van der Waals surface area contributed by atoms with Gasteiger partial charge in [-0.3, -0.25) is 10.1 Å². The first kappa shape index (κ1) is 13.5. The fourth-order valence-electron chi connectivity index (χ4n) is 1.65. The lowest BCUT2D eigenvalue weighted by Gasteiger charge is -2.10. The normalized spacial score (nSPS) is 11.5. The van der Waals surface area contributed by atoms with Crippen LogP contribution in [0.1, 0.15) is 11.1 Å². The third-order valence-corrected chi connectivity index (χ3v) is 4.05. The predicted octanol–water partition coefficient (Wildman–Crippen LogP) is 1.26. The van der Waals surface area contributed by atoms with Crippen LogP contribution in [0.4, 0.5) is 10.1 Å². The van der Waals surface area contributed by atoms with Crippen molar-refractivity contribution < 1.29 is 17.7 Å². The smallest absolute Gasteiger partial charge is 0.258 e. The van der Waals surface area contributed by atoms with Crippen molar-refractivity contribution >= 4 is 15.7 Å². The molecule has 0 aliphatic rings. The van der Waals surface area contributed by atoms with Crippen molar-refractivity contribution in [2.75, 3.05) is 7.05 Å². The Morgan fingerprint density at radius 1 is 1.41 bits per heavy atom. The van der Waals surface area contributed by atoms with Gasteiger partial charge in [0.05, 0.1) is 15.4 Å². The van der Waals surface area contributed by atoms with Crippen molar-refractivity contribution in [1.29, 1.82) is 0 Å². The van der Waals surface area contributed by atoms with Gasteiger partial charge >= 0.3 is 5.69 Å². The summed E-state index contributed by atoms with van der Waals surface area (Å²) >= 11 is 0. The van der Waals surface area contributed by atoms with E-state index in [0.717, 1.165) is 6.07 Å². The van der Waals surface area contributed by atoms with Gasteiger partial charge < -0.3 is 0 Å². The zero-order valence-corrected chi connectivity index (χ0v) is 10.3. The van der Waals surface area contributed by atoms with E-state index in [1.807, 2.05) is 0 Å². The summed E-state index contributed by atoms with van der Waals surface area (Å²) in [6, 6.07) is 0.843. The van der Waals surface area contributed by atoms with E-state index in [-0.39, 0.29) is 16.0 Å². The Balaban J connectivity index is 3.76. The van der Waals surface area contributed by atoms with Crippen molar-refractivity contribution in [3.05, 3.63) is 33.1 Å². The fourth-order valence-corrected chi connectivity index (χ4v) is 2.83. The molecule has 0 fully saturated rings. The maximum Gasteiger partial charge on any atom is 0.309 e. The molecule has 0 aromatic heterocycles. The highest BCUT2D eigenvalue weighted by Crippen LogP contribution is 2.30. The van der Waals surface area contributed by atoms with Crippen LogP contribution in [-0.4, -0.2) is 20.4 Å². The number of aryl methyl sites for hydroxylation is 1. The number of nitrogens with one attached hydrogen (secondary N) is 1. The number of halogens is 1. The first-order valence-corrected chi connectivity index (χ1v) is 6.08. The van der Waals surface area contributed by atoms with Crippen LogP contribution in [0.5, 0.6) is 0 Å². The highest BCUT2D eigenvalue weighted by molar-refractivity contribution is 7.89. The molecule has 0 atom stereocenters. The van der Waals surface area contributed by atoms with Crippen LogP contribution < -0.4 is 4.72 Å². The summed E-state index contributed by atoms with van der Waals surface area (Å²) in [4.78, 5) is 9.48. The van der Waals surface area contributed by atoms with E-state index >= 15 is 0 Å². The zero-order chi connectivity index (χ0) is 13.4. The minimum Gasteiger partial charge on any atom is -0.258 e. The molecule has 8 heteroatoms. The summed E-state index contributed by atoms with van der Waals surface area (Å²) in [5.74, 6) is -1.04. The zero-order valence-electron chi connectivity index (χ0n) is 9.44. The Kier molecular flexibility index (Phi) is 3.48. The summed E-state index contributed by atoms with van der Waals surface area (Å²) in [5.41, 5.74) is -0.897. The number of sulfonamides is 1. The number of rotatable bonds is 3. The molecule has 1 N–H and O–H groups in total. The summed E-state index contributed by atoms with van der Waals surface area (Å²) in [6.07, 6.45) is 0. The minimum atomic E-state index is -3.85. The van der Waals surface area contributed by atoms with Crippen LogP contribution in [-0.2, 0) is 10.0 Å². The Bertz CT molecular complexity index is 583. The molecule has 1 rings (SSSR count). The molecule has 0 spiro atoms. The molecule has 0 bridgehead atoms. The average molecular weight is 262 g/mol. The van der Waals surface area contributed by atoms with Crippen LogP contribution in [0.15, 0.2) is 11.0 Å². The minimum absolute atomic E-state index is 0.125. The van der Waals surface area contributed by atoms with E-state index in [1.165, 1.54) is 20.9 Å². The molecule has 6 nitrogen and oxygen atoms in total. The molecule has 0 radical (unpaired) electrons. The van der Waals surface area contributed by atoms with E-state index in [2.05, 4.69) is 4.72 Å². The van der Waals surface area contributed by atoms with Gasteiger partial charge in [0.2, 0.25) is 15.8 Å². The SMILES string of the molecule is CNS(=O)(=O)c1c(C)cc(F)c([N+](=O)[O-])c1C. The topological polar surface area (TPSA) is 89.3 Å². The standard InChI is InChI=1S/C9H11FN2O4S/c1-5-4-7(10)8(12(13)14)6(2)9(5)17(15,16)11-3/h4,11H,1-3H3. The molecule has 1 aromatic rings. The van der Waals surface area contributed by atoms with Crippen molar-refractivity contribution in [3.63, 3.8) is 0 Å². The maximum absolute atomic E-state index is 13.4. The number of hydrogen-bond acceptors (Lipinski definition) is 4. The van der Waals surface area contributed by atoms with Gasteiger partial charge in [-0.05, 0) is 32.5 Å². The largest absolute Gasteiger partial charge is 0.309 e. The number of nitrogens with zero attached hydrogens (tertiary/aromatic N) is 1. The van der Waals surface area contributed by atoms with E-state index < -0.39 is 26.5 Å². The van der Waals surface area contributed by atoms with Crippen LogP contribution in [0.25, 0.3) is 0 Å². The molecule has 0 aliphatic carbocycles. The molecule has 1 aromatic carbocycles. The number of hydrogen-bond donors (Lipinski definition) is 1. The lowest BCUT2D eigenvalue weighted by Crippen LogP contribution is -2.21. The van der Waals surface area contributed by atoms with E-state index in [1.54, 1.807) is 0 Å². The first-order valence-electron chi connectivity index (χ1n) is 4.60. The third-order valence-electron chi connectivity index (χ3n) is 2.34. The van der Waals surface area contributed by atoms with Gasteiger partial charge in [-0.25, -0.2) is 13.1 Å². The fraction of sp³-hybridized carbons (Fsp3) is 0.333. The molecule has 94 valence electrons. The Labute approximate surface area is 97.7 Å². The molecule has 0 unspecified atom stereocenters. The molecular formula is C9H11FN2O4S. The average Bonchev–Trinajstić information content (AvgIpc) is 2.15. The van der Waals surface area contributed by atoms with Gasteiger partial charge in [-0.15, -0.1) is 0 Å². The Hall–Kier alpha value is -1.54. The summed E-state index contributed by atoms with van der Waals surface area (Å²) < 4.78 is 38.8. The molecule has 0 saturated heterocycles. The molecule has 0 amide bonds. The van der Waals surface area contributed by atoms with Gasteiger partial charge in [0.25, 0.3) is 0 Å². The quantitative estimate of drug-likeness (QED) is 0.656. The summed E-state index contributed by atoms with van der Waals surface area (Å²) in [5, 5.41) is 10.7. The summed E-state index contributed by atoms with van der Waals surface area (Å²) in [6.45, 7) is 2.59. The second kappa shape index (κ2) is 4.38. The number of benzene rings is 1. The van der Waals surface area contributed by atoms with Crippen molar-refractivity contribution in [3.8, 4) is 0 Å².